The second-order valence-electron chi connectivity index (χ2n) is 9.46. The Kier molecular flexibility index (Phi) is 8.46. The van der Waals surface area contributed by atoms with Crippen LogP contribution in [0.4, 0.5) is 0 Å². The third kappa shape index (κ3) is 6.12. The number of aryl methyl sites for hydroxylation is 1. The molecule has 1 fully saturated rings. The molecule has 0 radical (unpaired) electrons. The van der Waals surface area contributed by atoms with Crippen molar-refractivity contribution in [3.8, 4) is 5.75 Å². The second-order valence-corrected chi connectivity index (χ2v) is 10.4. The van der Waals surface area contributed by atoms with Gasteiger partial charge in [-0.15, -0.1) is 0 Å². The Balaban J connectivity index is 1.68. The fourth-order valence-electron chi connectivity index (χ4n) is 4.54. The standard InChI is InChI=1S/C30H31BrN2O4/c1-20-17-23(13-14-25(20)37-19-21-9-5-4-6-10-21)28(34)26-27(22-11-7-12-24(31)18-22)33(30(36)29(26)35)16-8-15-32(2)3/h4-7,9-14,17-18,27,34H,8,15-16,19H2,1-3H3/t27-/m1/s1. The highest BCUT2D eigenvalue weighted by Crippen LogP contribution is 2.40. The second kappa shape index (κ2) is 11.8. The van der Waals surface area contributed by atoms with Gasteiger partial charge in [0.25, 0.3) is 11.7 Å². The lowest BCUT2D eigenvalue weighted by atomic mass is 9.94. The first-order valence-electron chi connectivity index (χ1n) is 12.2. The third-order valence-corrected chi connectivity index (χ3v) is 6.89. The lowest BCUT2D eigenvalue weighted by Gasteiger charge is -2.26. The highest BCUT2D eigenvalue weighted by Gasteiger charge is 2.45. The smallest absolute Gasteiger partial charge is 0.295 e. The Bertz CT molecular complexity index is 1320. The number of nitrogens with zero attached hydrogens (tertiary/aromatic N) is 2. The first kappa shape index (κ1) is 26.6. The van der Waals surface area contributed by atoms with Gasteiger partial charge in [0.05, 0.1) is 11.6 Å². The maximum atomic E-state index is 13.3. The van der Waals surface area contributed by atoms with E-state index in [4.69, 9.17) is 4.74 Å². The molecule has 0 aliphatic carbocycles. The molecule has 1 aliphatic rings. The minimum Gasteiger partial charge on any atom is -0.507 e. The number of ether oxygens (including phenoxy) is 1. The van der Waals surface area contributed by atoms with E-state index in [0.717, 1.165) is 27.7 Å². The number of hydrogen-bond donors (Lipinski definition) is 1. The van der Waals surface area contributed by atoms with Gasteiger partial charge in [-0.05, 0) is 81.0 Å². The monoisotopic (exact) mass is 562 g/mol. The zero-order valence-electron chi connectivity index (χ0n) is 21.3. The molecule has 37 heavy (non-hydrogen) atoms. The van der Waals surface area contributed by atoms with E-state index in [0.29, 0.717) is 30.9 Å². The summed E-state index contributed by atoms with van der Waals surface area (Å²) in [5.41, 5.74) is 3.21. The van der Waals surface area contributed by atoms with Gasteiger partial charge in [0, 0.05) is 16.6 Å². The molecule has 0 bridgehead atoms. The fourth-order valence-corrected chi connectivity index (χ4v) is 4.96. The van der Waals surface area contributed by atoms with Gasteiger partial charge in [-0.1, -0.05) is 58.4 Å². The number of likely N-dealkylation sites (tertiary alicyclic amines) is 1. The van der Waals surface area contributed by atoms with E-state index in [1.54, 1.807) is 23.1 Å². The van der Waals surface area contributed by atoms with Crippen LogP contribution in [0.5, 0.6) is 5.75 Å². The number of halogens is 1. The number of ketones is 1. The normalized spacial score (nSPS) is 17.0. The van der Waals surface area contributed by atoms with Crippen LogP contribution in [0.2, 0.25) is 0 Å². The van der Waals surface area contributed by atoms with E-state index in [9.17, 15) is 14.7 Å². The van der Waals surface area contributed by atoms with E-state index in [1.807, 2.05) is 80.5 Å². The molecular formula is C30H31BrN2O4. The number of benzene rings is 3. The van der Waals surface area contributed by atoms with Gasteiger partial charge in [-0.25, -0.2) is 0 Å². The summed E-state index contributed by atoms with van der Waals surface area (Å²) in [6.45, 7) is 3.50. The molecule has 3 aromatic rings. The molecular weight excluding hydrogens is 532 g/mol. The molecule has 1 heterocycles. The van der Waals surface area contributed by atoms with E-state index in [-0.39, 0.29) is 11.3 Å². The molecule has 3 aromatic carbocycles. The van der Waals surface area contributed by atoms with E-state index < -0.39 is 17.7 Å². The summed E-state index contributed by atoms with van der Waals surface area (Å²) in [5, 5.41) is 11.4. The number of aliphatic hydroxyl groups excluding tert-OH is 1. The molecule has 1 amide bonds. The third-order valence-electron chi connectivity index (χ3n) is 6.39. The van der Waals surface area contributed by atoms with Crippen LogP contribution >= 0.6 is 15.9 Å². The quantitative estimate of drug-likeness (QED) is 0.205. The average Bonchev–Trinajstić information content (AvgIpc) is 3.13. The topological polar surface area (TPSA) is 70.1 Å². The van der Waals surface area contributed by atoms with Crippen LogP contribution in [-0.2, 0) is 16.2 Å². The predicted octanol–water partition coefficient (Wildman–Crippen LogP) is 5.71. The lowest BCUT2D eigenvalue weighted by Crippen LogP contribution is -2.32. The number of Topliss-reactive ketones (excluding diaryl/α,β-unsaturated/α-hetero) is 1. The summed E-state index contributed by atoms with van der Waals surface area (Å²) in [6, 6.07) is 22.0. The summed E-state index contributed by atoms with van der Waals surface area (Å²) in [5.74, 6) is -0.761. The minimum atomic E-state index is -0.672. The predicted molar refractivity (Wildman–Crippen MR) is 148 cm³/mol. The molecule has 1 aliphatic heterocycles. The molecule has 6 nitrogen and oxygen atoms in total. The number of carbonyl (C=O) groups is 2. The fraction of sp³-hybridized carbons (Fsp3) is 0.267. The molecule has 1 N–H and O–H groups in total. The van der Waals surface area contributed by atoms with Crippen molar-refractivity contribution in [2.24, 2.45) is 0 Å². The van der Waals surface area contributed by atoms with Crippen molar-refractivity contribution >= 4 is 33.4 Å². The molecule has 0 spiro atoms. The van der Waals surface area contributed by atoms with Crippen LogP contribution < -0.4 is 4.74 Å². The molecule has 1 atom stereocenters. The summed E-state index contributed by atoms with van der Waals surface area (Å²) < 4.78 is 6.80. The summed E-state index contributed by atoms with van der Waals surface area (Å²) >= 11 is 3.49. The van der Waals surface area contributed by atoms with Gasteiger partial charge in [-0.2, -0.15) is 0 Å². The van der Waals surface area contributed by atoms with Crippen molar-refractivity contribution in [1.29, 1.82) is 0 Å². The van der Waals surface area contributed by atoms with Crippen molar-refractivity contribution in [2.75, 3.05) is 27.2 Å². The molecule has 7 heteroatoms. The highest BCUT2D eigenvalue weighted by atomic mass is 79.9. The van der Waals surface area contributed by atoms with Gasteiger partial charge in [0.15, 0.2) is 0 Å². The molecule has 192 valence electrons. The first-order valence-corrected chi connectivity index (χ1v) is 13.0. The Labute approximate surface area is 226 Å². The van der Waals surface area contributed by atoms with E-state index in [1.165, 1.54) is 0 Å². The van der Waals surface area contributed by atoms with Crippen LogP contribution in [0.15, 0.2) is 82.8 Å². The van der Waals surface area contributed by atoms with E-state index in [2.05, 4.69) is 15.9 Å². The Morgan fingerprint density at radius 1 is 1.03 bits per heavy atom. The molecule has 0 unspecified atom stereocenters. The highest BCUT2D eigenvalue weighted by molar-refractivity contribution is 9.10. The summed E-state index contributed by atoms with van der Waals surface area (Å²) in [6.07, 6.45) is 0.705. The zero-order valence-corrected chi connectivity index (χ0v) is 22.9. The van der Waals surface area contributed by atoms with Gasteiger partial charge >= 0.3 is 0 Å². The average molecular weight is 563 g/mol. The summed E-state index contributed by atoms with van der Waals surface area (Å²) in [7, 11) is 3.94. The SMILES string of the molecule is Cc1cc(C(O)=C2C(=O)C(=O)N(CCCN(C)C)[C@@H]2c2cccc(Br)c2)ccc1OCc1ccccc1. The molecule has 0 saturated carbocycles. The minimum absolute atomic E-state index is 0.102. The number of amides is 1. The maximum Gasteiger partial charge on any atom is 0.295 e. The number of aliphatic hydroxyl groups is 1. The number of hydrogen-bond acceptors (Lipinski definition) is 5. The lowest BCUT2D eigenvalue weighted by molar-refractivity contribution is -0.139. The zero-order chi connectivity index (χ0) is 26.5. The van der Waals surface area contributed by atoms with Crippen LogP contribution in [0.25, 0.3) is 5.76 Å². The van der Waals surface area contributed by atoms with Crippen molar-refractivity contribution in [3.63, 3.8) is 0 Å². The number of rotatable bonds is 9. The van der Waals surface area contributed by atoms with Crippen LogP contribution in [0.1, 0.15) is 34.7 Å². The van der Waals surface area contributed by atoms with Gasteiger partial charge in [0.1, 0.15) is 18.1 Å². The Hall–Kier alpha value is -3.42. The first-order chi connectivity index (χ1) is 17.8. The Morgan fingerprint density at radius 2 is 1.78 bits per heavy atom. The van der Waals surface area contributed by atoms with Gasteiger partial charge in [0.2, 0.25) is 0 Å². The molecule has 0 aromatic heterocycles. The van der Waals surface area contributed by atoms with Crippen LogP contribution in [-0.4, -0.2) is 53.8 Å². The maximum absolute atomic E-state index is 13.3. The molecule has 4 rings (SSSR count). The molecule has 1 saturated heterocycles. The van der Waals surface area contributed by atoms with Gasteiger partial charge in [-0.3, -0.25) is 9.59 Å². The number of carbonyl (C=O) groups excluding carboxylic acids is 2. The largest absolute Gasteiger partial charge is 0.507 e. The van der Waals surface area contributed by atoms with Crippen molar-refractivity contribution in [3.05, 3.63) is 105 Å². The van der Waals surface area contributed by atoms with Gasteiger partial charge < -0.3 is 19.6 Å². The van der Waals surface area contributed by atoms with Crippen LogP contribution in [0.3, 0.4) is 0 Å². The van der Waals surface area contributed by atoms with Crippen molar-refractivity contribution < 1.29 is 19.4 Å². The van der Waals surface area contributed by atoms with E-state index >= 15 is 0 Å². The van der Waals surface area contributed by atoms with Crippen LogP contribution in [0, 0.1) is 6.92 Å². The van der Waals surface area contributed by atoms with Crippen molar-refractivity contribution in [2.45, 2.75) is 26.0 Å². The Morgan fingerprint density at radius 3 is 2.46 bits per heavy atom. The summed E-state index contributed by atoms with van der Waals surface area (Å²) in [4.78, 5) is 30.0. The van der Waals surface area contributed by atoms with Crippen molar-refractivity contribution in [1.82, 2.24) is 9.80 Å².